The second-order valence-electron chi connectivity index (χ2n) is 6.12. The van der Waals surface area contributed by atoms with Crippen LogP contribution in [0, 0.1) is 0 Å². The summed E-state index contributed by atoms with van der Waals surface area (Å²) in [6, 6.07) is 14.8. The number of carboxylic acid groups (broad SMARTS) is 1. The molecule has 0 atom stereocenters. The maximum atomic E-state index is 12.4. The number of benzene rings is 2. The summed E-state index contributed by atoms with van der Waals surface area (Å²) < 4.78 is 0. The molecule has 0 fully saturated rings. The molecule has 4 aliphatic carbocycles. The van der Waals surface area contributed by atoms with Gasteiger partial charge in [-0.25, -0.2) is 0 Å². The zero-order valence-corrected chi connectivity index (χ0v) is 13.0. The second kappa shape index (κ2) is 6.78. The van der Waals surface area contributed by atoms with E-state index in [4.69, 9.17) is 5.11 Å². The Bertz CT molecular complexity index is 729. The van der Waals surface area contributed by atoms with E-state index in [-0.39, 0.29) is 18.6 Å². The number of ketones is 1. The highest BCUT2D eigenvalue weighted by Gasteiger charge is 2.15. The van der Waals surface area contributed by atoms with Gasteiger partial charge >= 0.3 is 5.97 Å². The van der Waals surface area contributed by atoms with Crippen LogP contribution in [0.1, 0.15) is 45.5 Å². The van der Waals surface area contributed by atoms with Gasteiger partial charge in [-0.1, -0.05) is 36.4 Å². The lowest BCUT2D eigenvalue weighted by atomic mass is 9.91. The quantitative estimate of drug-likeness (QED) is 0.878. The SMILES string of the molecule is O=C(O)CCC(=O)c1cc2ccc1CCc1ccc(cc1)CC2. The normalized spacial score (nSPS) is 13.4. The molecular formula is C20H20O3. The van der Waals surface area contributed by atoms with Gasteiger partial charge in [0.15, 0.2) is 5.78 Å². The summed E-state index contributed by atoms with van der Waals surface area (Å²) in [5, 5.41) is 8.80. The van der Waals surface area contributed by atoms with Crippen molar-refractivity contribution in [1.29, 1.82) is 0 Å². The topological polar surface area (TPSA) is 54.4 Å². The molecule has 0 aromatic heterocycles. The fourth-order valence-corrected chi connectivity index (χ4v) is 3.05. The van der Waals surface area contributed by atoms with Crippen molar-refractivity contribution < 1.29 is 14.7 Å². The van der Waals surface area contributed by atoms with E-state index in [9.17, 15) is 9.59 Å². The number of aryl methyl sites for hydroxylation is 4. The van der Waals surface area contributed by atoms with Crippen LogP contribution in [0.4, 0.5) is 0 Å². The van der Waals surface area contributed by atoms with Gasteiger partial charge in [0.1, 0.15) is 0 Å². The summed E-state index contributed by atoms with van der Waals surface area (Å²) in [5.74, 6) is -0.986. The minimum atomic E-state index is -0.926. The van der Waals surface area contributed by atoms with Crippen molar-refractivity contribution in [1.82, 2.24) is 0 Å². The fourth-order valence-electron chi connectivity index (χ4n) is 3.05. The number of Topliss-reactive ketones (excluding diaryl/α,β-unsaturated/α-hetero) is 1. The number of carbonyl (C=O) groups is 2. The third kappa shape index (κ3) is 3.86. The van der Waals surface area contributed by atoms with E-state index < -0.39 is 5.97 Å². The average Bonchev–Trinajstić information content (AvgIpc) is 2.55. The van der Waals surface area contributed by atoms with E-state index in [0.29, 0.717) is 5.56 Å². The molecule has 6 rings (SSSR count). The van der Waals surface area contributed by atoms with E-state index in [1.54, 1.807) is 0 Å². The molecule has 2 aromatic rings. The van der Waals surface area contributed by atoms with Gasteiger partial charge < -0.3 is 5.11 Å². The predicted molar refractivity (Wildman–Crippen MR) is 88.9 cm³/mol. The molecule has 118 valence electrons. The van der Waals surface area contributed by atoms with Crippen molar-refractivity contribution in [2.24, 2.45) is 0 Å². The van der Waals surface area contributed by atoms with Gasteiger partial charge in [0.2, 0.25) is 0 Å². The lowest BCUT2D eigenvalue weighted by Crippen LogP contribution is -2.09. The molecule has 3 heteroatoms. The highest BCUT2D eigenvalue weighted by Crippen LogP contribution is 2.20. The number of rotatable bonds is 4. The maximum absolute atomic E-state index is 12.4. The molecule has 2 aromatic carbocycles. The van der Waals surface area contributed by atoms with Crippen LogP contribution >= 0.6 is 0 Å². The van der Waals surface area contributed by atoms with Gasteiger partial charge in [-0.05, 0) is 54.0 Å². The second-order valence-corrected chi connectivity index (χ2v) is 6.12. The summed E-state index contributed by atoms with van der Waals surface area (Å²) in [5.41, 5.74) is 5.43. The third-order valence-electron chi connectivity index (χ3n) is 4.45. The molecule has 0 radical (unpaired) electrons. The molecule has 1 N–H and O–H groups in total. The van der Waals surface area contributed by atoms with Crippen LogP contribution in [-0.2, 0) is 30.5 Å². The smallest absolute Gasteiger partial charge is 0.303 e. The Morgan fingerprint density at radius 2 is 1.35 bits per heavy atom. The lowest BCUT2D eigenvalue weighted by Gasteiger charge is -2.13. The maximum Gasteiger partial charge on any atom is 0.303 e. The van der Waals surface area contributed by atoms with E-state index in [0.717, 1.165) is 36.8 Å². The highest BCUT2D eigenvalue weighted by atomic mass is 16.4. The minimum Gasteiger partial charge on any atom is -0.481 e. The van der Waals surface area contributed by atoms with Crippen LogP contribution in [0.2, 0.25) is 0 Å². The fraction of sp³-hybridized carbons (Fsp3) is 0.300. The molecule has 4 aliphatic rings. The monoisotopic (exact) mass is 308 g/mol. The Morgan fingerprint density at radius 1 is 0.783 bits per heavy atom. The van der Waals surface area contributed by atoms with Crippen LogP contribution < -0.4 is 0 Å². The van der Waals surface area contributed by atoms with Crippen LogP contribution in [0.3, 0.4) is 0 Å². The van der Waals surface area contributed by atoms with Gasteiger partial charge in [-0.3, -0.25) is 9.59 Å². The Balaban J connectivity index is 1.90. The van der Waals surface area contributed by atoms with E-state index in [1.165, 1.54) is 11.1 Å². The van der Waals surface area contributed by atoms with Crippen molar-refractivity contribution in [3.63, 3.8) is 0 Å². The molecule has 0 spiro atoms. The van der Waals surface area contributed by atoms with E-state index in [1.807, 2.05) is 12.1 Å². The molecular weight excluding hydrogens is 288 g/mol. The van der Waals surface area contributed by atoms with Gasteiger partial charge in [0, 0.05) is 12.0 Å². The van der Waals surface area contributed by atoms with E-state index in [2.05, 4.69) is 30.3 Å². The van der Waals surface area contributed by atoms with E-state index >= 15 is 0 Å². The first-order valence-corrected chi connectivity index (χ1v) is 8.06. The first-order chi connectivity index (χ1) is 11.1. The molecule has 0 unspecified atom stereocenters. The van der Waals surface area contributed by atoms with Gasteiger partial charge in [0.25, 0.3) is 0 Å². The molecule has 4 bridgehead atoms. The summed E-state index contributed by atoms with van der Waals surface area (Å²) in [7, 11) is 0. The zero-order chi connectivity index (χ0) is 16.2. The lowest BCUT2D eigenvalue weighted by molar-refractivity contribution is -0.136. The molecule has 0 heterocycles. The van der Waals surface area contributed by atoms with Gasteiger partial charge in [-0.15, -0.1) is 0 Å². The third-order valence-corrected chi connectivity index (χ3v) is 4.45. The molecule has 0 saturated heterocycles. The van der Waals surface area contributed by atoms with Gasteiger partial charge in [-0.2, -0.15) is 0 Å². The van der Waals surface area contributed by atoms with Crippen molar-refractivity contribution >= 4 is 11.8 Å². The molecule has 0 amide bonds. The molecule has 0 saturated carbocycles. The number of hydrogen-bond donors (Lipinski definition) is 1. The number of carbonyl (C=O) groups excluding carboxylic acids is 1. The van der Waals surface area contributed by atoms with Crippen LogP contribution in [0.15, 0.2) is 42.5 Å². The van der Waals surface area contributed by atoms with Crippen molar-refractivity contribution in [3.05, 3.63) is 70.3 Å². The molecule has 23 heavy (non-hydrogen) atoms. The van der Waals surface area contributed by atoms with Crippen molar-refractivity contribution in [3.8, 4) is 0 Å². The Labute approximate surface area is 136 Å². The van der Waals surface area contributed by atoms with Gasteiger partial charge in [0.05, 0.1) is 6.42 Å². The Kier molecular flexibility index (Phi) is 4.56. The zero-order valence-electron chi connectivity index (χ0n) is 13.0. The standard InChI is InChI=1S/C20H20O3/c21-19(11-12-20(22)23)18-13-16-6-5-14-1-3-15(4-2-14)7-9-17(18)10-8-16/h1-4,8,10,13H,5-7,9,11-12H2,(H,22,23). The number of aliphatic carboxylic acids is 1. The first kappa shape index (κ1) is 15.5. The van der Waals surface area contributed by atoms with Crippen molar-refractivity contribution in [2.45, 2.75) is 38.5 Å². The molecule has 0 aliphatic heterocycles. The Hall–Kier alpha value is -2.42. The number of hydrogen-bond acceptors (Lipinski definition) is 2. The summed E-state index contributed by atoms with van der Waals surface area (Å²) in [4.78, 5) is 23.2. The predicted octanol–water partition coefficient (Wildman–Crippen LogP) is 3.62. The average molecular weight is 308 g/mol. The number of carboxylic acids is 1. The summed E-state index contributed by atoms with van der Waals surface area (Å²) in [6.07, 6.45) is 3.48. The van der Waals surface area contributed by atoms with Crippen LogP contribution in [0.5, 0.6) is 0 Å². The van der Waals surface area contributed by atoms with Crippen LogP contribution in [-0.4, -0.2) is 16.9 Å². The Morgan fingerprint density at radius 3 is 2.00 bits per heavy atom. The highest BCUT2D eigenvalue weighted by molar-refractivity contribution is 5.99. The molecule has 3 nitrogen and oxygen atoms in total. The summed E-state index contributed by atoms with van der Waals surface area (Å²) >= 11 is 0. The minimum absolute atomic E-state index is 0.0600. The largest absolute Gasteiger partial charge is 0.481 e. The van der Waals surface area contributed by atoms with Crippen LogP contribution in [0.25, 0.3) is 0 Å². The first-order valence-electron chi connectivity index (χ1n) is 8.06. The van der Waals surface area contributed by atoms with Crippen molar-refractivity contribution in [2.75, 3.05) is 0 Å². The summed E-state index contributed by atoms with van der Waals surface area (Å²) in [6.45, 7) is 0.